The number of fused-ring (bicyclic) bond motifs is 3. The molecule has 2 heterocycles. The molecule has 2 saturated heterocycles. The summed E-state index contributed by atoms with van der Waals surface area (Å²) in [5.74, 6) is 0.644. The first-order valence-electron chi connectivity index (χ1n) is 6.21. The van der Waals surface area contributed by atoms with Gasteiger partial charge in [0.1, 0.15) is 5.60 Å². The summed E-state index contributed by atoms with van der Waals surface area (Å²) < 4.78 is 12.0. The number of rotatable bonds is 0. The molecule has 1 saturated carbocycles. The first-order valence-corrected chi connectivity index (χ1v) is 6.21. The Hall–Kier alpha value is -0.0800. The highest BCUT2D eigenvalue weighted by atomic mass is 16.6. The molecule has 15 heavy (non-hydrogen) atoms. The van der Waals surface area contributed by atoms with Gasteiger partial charge in [-0.15, -0.1) is 0 Å². The van der Waals surface area contributed by atoms with Gasteiger partial charge in [0.25, 0.3) is 0 Å². The van der Waals surface area contributed by atoms with Gasteiger partial charge in [-0.05, 0) is 31.6 Å². The monoisotopic (exact) mass is 210 g/mol. The minimum absolute atomic E-state index is 0.121. The van der Waals surface area contributed by atoms with Crippen LogP contribution in [0, 0.1) is 11.3 Å². The zero-order valence-corrected chi connectivity index (χ0v) is 10.3. The lowest BCUT2D eigenvalue weighted by Gasteiger charge is -2.40. The van der Waals surface area contributed by atoms with E-state index in [0.29, 0.717) is 12.0 Å². The first kappa shape index (κ1) is 10.1. The van der Waals surface area contributed by atoms with Gasteiger partial charge in [0.15, 0.2) is 0 Å². The topological polar surface area (TPSA) is 21.8 Å². The van der Waals surface area contributed by atoms with Crippen molar-refractivity contribution < 1.29 is 9.47 Å². The minimum Gasteiger partial charge on any atom is -0.375 e. The maximum Gasteiger partial charge on any atom is 0.100 e. The molecule has 0 bridgehead atoms. The fourth-order valence-electron chi connectivity index (χ4n) is 3.77. The van der Waals surface area contributed by atoms with E-state index >= 15 is 0 Å². The maximum absolute atomic E-state index is 6.13. The van der Waals surface area contributed by atoms with Gasteiger partial charge in [0.2, 0.25) is 0 Å². The van der Waals surface area contributed by atoms with E-state index in [0.717, 1.165) is 6.61 Å². The molecule has 0 aromatic heterocycles. The Balaban J connectivity index is 1.88. The van der Waals surface area contributed by atoms with Crippen LogP contribution in [0.2, 0.25) is 0 Å². The largest absolute Gasteiger partial charge is 0.375 e. The van der Waals surface area contributed by atoms with Crippen LogP contribution in [-0.2, 0) is 9.47 Å². The molecule has 3 fully saturated rings. The second kappa shape index (κ2) is 2.60. The summed E-state index contributed by atoms with van der Waals surface area (Å²) in [5.41, 5.74) is 0.572. The quantitative estimate of drug-likeness (QED) is 0.573. The number of ether oxygens (including phenoxy) is 2. The molecule has 3 rings (SSSR count). The highest BCUT2D eigenvalue weighted by molar-refractivity contribution is 5.19. The van der Waals surface area contributed by atoms with Crippen molar-refractivity contribution in [3.8, 4) is 0 Å². The lowest BCUT2D eigenvalue weighted by molar-refractivity contribution is -0.0338. The van der Waals surface area contributed by atoms with Crippen molar-refractivity contribution in [2.45, 2.75) is 64.3 Å². The molecule has 3 aliphatic rings. The SMILES string of the molecule is CC12CCC3(C(C)(C)C)OC3C1CCO2. The van der Waals surface area contributed by atoms with E-state index in [-0.39, 0.29) is 16.6 Å². The summed E-state index contributed by atoms with van der Waals surface area (Å²) >= 11 is 0. The Morgan fingerprint density at radius 2 is 1.93 bits per heavy atom. The Morgan fingerprint density at radius 3 is 2.60 bits per heavy atom. The van der Waals surface area contributed by atoms with E-state index in [9.17, 15) is 0 Å². The molecule has 2 nitrogen and oxygen atoms in total. The molecule has 0 radical (unpaired) electrons. The summed E-state index contributed by atoms with van der Waals surface area (Å²) in [6.45, 7) is 10.1. The number of epoxide rings is 1. The van der Waals surface area contributed by atoms with Crippen LogP contribution in [0.4, 0.5) is 0 Å². The van der Waals surface area contributed by atoms with Crippen LogP contribution in [0.3, 0.4) is 0 Å². The van der Waals surface area contributed by atoms with Crippen molar-refractivity contribution in [2.75, 3.05) is 6.61 Å². The van der Waals surface area contributed by atoms with Crippen LogP contribution in [0.1, 0.15) is 47.0 Å². The second-order valence-electron chi connectivity index (χ2n) is 6.73. The molecule has 0 amide bonds. The third kappa shape index (κ3) is 1.13. The average molecular weight is 210 g/mol. The van der Waals surface area contributed by atoms with Gasteiger partial charge >= 0.3 is 0 Å². The van der Waals surface area contributed by atoms with Crippen molar-refractivity contribution in [1.29, 1.82) is 0 Å². The van der Waals surface area contributed by atoms with Crippen molar-refractivity contribution in [2.24, 2.45) is 11.3 Å². The molecule has 4 atom stereocenters. The molecule has 0 aromatic carbocycles. The van der Waals surface area contributed by atoms with E-state index in [1.807, 2.05) is 0 Å². The van der Waals surface area contributed by atoms with E-state index in [2.05, 4.69) is 27.7 Å². The van der Waals surface area contributed by atoms with Gasteiger partial charge in [-0.2, -0.15) is 0 Å². The molecule has 0 N–H and O–H groups in total. The third-order valence-corrected chi connectivity index (χ3v) is 5.01. The third-order valence-electron chi connectivity index (χ3n) is 5.01. The standard InChI is InChI=1S/C13H22O2/c1-11(2,3)13-7-6-12(4)9(5-8-14-12)10(13)15-13/h9-10H,5-8H2,1-4H3. The summed E-state index contributed by atoms with van der Waals surface area (Å²) in [4.78, 5) is 0. The Kier molecular flexibility index (Phi) is 1.75. The van der Waals surface area contributed by atoms with Gasteiger partial charge < -0.3 is 9.47 Å². The van der Waals surface area contributed by atoms with E-state index < -0.39 is 0 Å². The molecule has 4 unspecified atom stereocenters. The smallest absolute Gasteiger partial charge is 0.100 e. The summed E-state index contributed by atoms with van der Waals surface area (Å²) in [6, 6.07) is 0. The molecule has 2 aliphatic heterocycles. The van der Waals surface area contributed by atoms with Crippen LogP contribution in [-0.4, -0.2) is 23.9 Å². The fourth-order valence-corrected chi connectivity index (χ4v) is 3.77. The Morgan fingerprint density at radius 1 is 1.20 bits per heavy atom. The van der Waals surface area contributed by atoms with E-state index in [1.165, 1.54) is 19.3 Å². The Bertz CT molecular complexity index is 293. The van der Waals surface area contributed by atoms with Gasteiger partial charge in [-0.25, -0.2) is 0 Å². The highest BCUT2D eigenvalue weighted by Gasteiger charge is 2.71. The van der Waals surface area contributed by atoms with E-state index in [4.69, 9.17) is 9.47 Å². The minimum atomic E-state index is 0.121. The van der Waals surface area contributed by atoms with Crippen LogP contribution in [0.5, 0.6) is 0 Å². The predicted octanol–water partition coefficient (Wildman–Crippen LogP) is 2.76. The van der Waals surface area contributed by atoms with Crippen LogP contribution >= 0.6 is 0 Å². The molecule has 0 aromatic rings. The molecule has 86 valence electrons. The average Bonchev–Trinajstić information content (AvgIpc) is 2.76. The normalized spacial score (nSPS) is 53.6. The molecular weight excluding hydrogens is 188 g/mol. The molecular formula is C13H22O2. The lowest BCUT2D eigenvalue weighted by atomic mass is 9.64. The lowest BCUT2D eigenvalue weighted by Crippen LogP contribution is -2.47. The predicted molar refractivity (Wildman–Crippen MR) is 58.8 cm³/mol. The summed E-state index contributed by atoms with van der Waals surface area (Å²) in [6.07, 6.45) is 4.01. The van der Waals surface area contributed by atoms with Crippen LogP contribution in [0.25, 0.3) is 0 Å². The number of hydrogen-bond acceptors (Lipinski definition) is 2. The Labute approximate surface area is 92.3 Å². The van der Waals surface area contributed by atoms with Crippen molar-refractivity contribution in [1.82, 2.24) is 0 Å². The molecule has 1 aliphatic carbocycles. The summed E-state index contributed by atoms with van der Waals surface area (Å²) in [7, 11) is 0. The molecule has 2 heteroatoms. The van der Waals surface area contributed by atoms with Gasteiger partial charge in [0.05, 0.1) is 11.7 Å². The fraction of sp³-hybridized carbons (Fsp3) is 1.00. The molecule has 0 spiro atoms. The van der Waals surface area contributed by atoms with Crippen molar-refractivity contribution >= 4 is 0 Å². The van der Waals surface area contributed by atoms with Crippen molar-refractivity contribution in [3.63, 3.8) is 0 Å². The van der Waals surface area contributed by atoms with Crippen molar-refractivity contribution in [3.05, 3.63) is 0 Å². The van der Waals surface area contributed by atoms with Gasteiger partial charge in [-0.1, -0.05) is 20.8 Å². The zero-order valence-electron chi connectivity index (χ0n) is 10.3. The maximum atomic E-state index is 6.13. The van der Waals surface area contributed by atoms with Gasteiger partial charge in [-0.3, -0.25) is 0 Å². The zero-order chi connectivity index (χ0) is 10.9. The first-order chi connectivity index (χ1) is 6.89. The number of hydrogen-bond donors (Lipinski definition) is 0. The van der Waals surface area contributed by atoms with Gasteiger partial charge in [0, 0.05) is 12.5 Å². The van der Waals surface area contributed by atoms with Crippen LogP contribution in [0.15, 0.2) is 0 Å². The summed E-state index contributed by atoms with van der Waals surface area (Å²) in [5, 5.41) is 0. The second-order valence-corrected chi connectivity index (χ2v) is 6.73. The van der Waals surface area contributed by atoms with Crippen LogP contribution < -0.4 is 0 Å². The highest BCUT2D eigenvalue weighted by Crippen LogP contribution is 2.64. The van der Waals surface area contributed by atoms with E-state index in [1.54, 1.807) is 0 Å².